The van der Waals surface area contributed by atoms with Crippen molar-refractivity contribution in [1.82, 2.24) is 19.9 Å². The van der Waals surface area contributed by atoms with Crippen LogP contribution in [-0.4, -0.2) is 59.7 Å². The van der Waals surface area contributed by atoms with Crippen molar-refractivity contribution < 1.29 is 9.53 Å². The number of anilines is 2. The first-order valence-corrected chi connectivity index (χ1v) is 8.12. The SMILES string of the molecule is Cc1cncc(NC(=O)N2CCOC(c3ccnc(N(C)C)n3)C2)c1. The number of urea groups is 1. The molecule has 3 rings (SSSR count). The third kappa shape index (κ3) is 4.21. The number of ether oxygens (including phenoxy) is 1. The third-order valence-corrected chi connectivity index (χ3v) is 3.87. The van der Waals surface area contributed by atoms with Crippen LogP contribution in [0.15, 0.2) is 30.7 Å². The molecule has 2 amide bonds. The number of nitrogens with one attached hydrogen (secondary N) is 1. The summed E-state index contributed by atoms with van der Waals surface area (Å²) in [7, 11) is 3.77. The Hall–Kier alpha value is -2.74. The number of aryl methyl sites for hydroxylation is 1. The number of aromatic nitrogens is 3. The first-order valence-electron chi connectivity index (χ1n) is 8.12. The number of hydrogen-bond donors (Lipinski definition) is 1. The maximum absolute atomic E-state index is 12.5. The van der Waals surface area contributed by atoms with Crippen LogP contribution in [0, 0.1) is 6.92 Å². The van der Waals surface area contributed by atoms with E-state index >= 15 is 0 Å². The maximum Gasteiger partial charge on any atom is 0.322 e. The molecule has 8 nitrogen and oxygen atoms in total. The van der Waals surface area contributed by atoms with Gasteiger partial charge in [0.15, 0.2) is 0 Å². The highest BCUT2D eigenvalue weighted by molar-refractivity contribution is 5.89. The second-order valence-electron chi connectivity index (χ2n) is 6.16. The molecule has 0 aliphatic carbocycles. The highest BCUT2D eigenvalue weighted by Gasteiger charge is 2.26. The van der Waals surface area contributed by atoms with Crippen molar-refractivity contribution in [2.45, 2.75) is 13.0 Å². The van der Waals surface area contributed by atoms with E-state index in [4.69, 9.17) is 4.74 Å². The van der Waals surface area contributed by atoms with Crippen LogP contribution in [0.3, 0.4) is 0 Å². The van der Waals surface area contributed by atoms with E-state index in [9.17, 15) is 4.79 Å². The number of pyridine rings is 1. The summed E-state index contributed by atoms with van der Waals surface area (Å²) >= 11 is 0. The zero-order valence-corrected chi connectivity index (χ0v) is 14.6. The Labute approximate surface area is 146 Å². The van der Waals surface area contributed by atoms with Crippen molar-refractivity contribution >= 4 is 17.7 Å². The molecule has 0 bridgehead atoms. The molecular weight excluding hydrogens is 320 g/mol. The third-order valence-electron chi connectivity index (χ3n) is 3.87. The minimum atomic E-state index is -0.267. The average molecular weight is 342 g/mol. The van der Waals surface area contributed by atoms with Gasteiger partial charge in [0.2, 0.25) is 5.95 Å². The van der Waals surface area contributed by atoms with Crippen LogP contribution in [0.1, 0.15) is 17.4 Å². The molecule has 1 aliphatic rings. The predicted octanol–water partition coefficient (Wildman–Crippen LogP) is 1.85. The Morgan fingerprint density at radius 1 is 1.40 bits per heavy atom. The Morgan fingerprint density at radius 3 is 3.00 bits per heavy atom. The van der Waals surface area contributed by atoms with Crippen LogP contribution in [0.2, 0.25) is 0 Å². The van der Waals surface area contributed by atoms with Gasteiger partial charge < -0.3 is 19.9 Å². The van der Waals surface area contributed by atoms with Crippen molar-refractivity contribution in [2.75, 3.05) is 44.0 Å². The van der Waals surface area contributed by atoms with Gasteiger partial charge in [-0.1, -0.05) is 0 Å². The number of hydrogen-bond acceptors (Lipinski definition) is 6. The number of nitrogens with zero attached hydrogens (tertiary/aromatic N) is 5. The summed E-state index contributed by atoms with van der Waals surface area (Å²) in [5, 5.41) is 2.88. The summed E-state index contributed by atoms with van der Waals surface area (Å²) in [6.07, 6.45) is 4.82. The van der Waals surface area contributed by atoms with Crippen LogP contribution in [-0.2, 0) is 4.74 Å². The van der Waals surface area contributed by atoms with E-state index in [2.05, 4.69) is 20.3 Å². The lowest BCUT2D eigenvalue weighted by Crippen LogP contribution is -2.44. The second kappa shape index (κ2) is 7.43. The number of rotatable bonds is 3. The topological polar surface area (TPSA) is 83.5 Å². The van der Waals surface area contributed by atoms with Gasteiger partial charge in [-0.3, -0.25) is 4.98 Å². The first-order chi connectivity index (χ1) is 12.0. The lowest BCUT2D eigenvalue weighted by molar-refractivity contribution is -0.0157. The van der Waals surface area contributed by atoms with E-state index in [1.807, 2.05) is 38.1 Å². The lowest BCUT2D eigenvalue weighted by Gasteiger charge is -2.32. The van der Waals surface area contributed by atoms with Crippen LogP contribution in [0.25, 0.3) is 0 Å². The van der Waals surface area contributed by atoms with E-state index in [0.717, 1.165) is 11.3 Å². The molecule has 1 fully saturated rings. The molecule has 0 spiro atoms. The second-order valence-corrected chi connectivity index (χ2v) is 6.16. The van der Waals surface area contributed by atoms with Crippen molar-refractivity contribution in [2.24, 2.45) is 0 Å². The van der Waals surface area contributed by atoms with Gasteiger partial charge in [-0.05, 0) is 24.6 Å². The summed E-state index contributed by atoms with van der Waals surface area (Å²) in [5.41, 5.74) is 2.45. The highest BCUT2D eigenvalue weighted by atomic mass is 16.5. The van der Waals surface area contributed by atoms with Gasteiger partial charge >= 0.3 is 6.03 Å². The first kappa shape index (κ1) is 17.1. The zero-order chi connectivity index (χ0) is 17.8. The monoisotopic (exact) mass is 342 g/mol. The van der Waals surface area contributed by atoms with Gasteiger partial charge in [0, 0.05) is 33.0 Å². The highest BCUT2D eigenvalue weighted by Crippen LogP contribution is 2.22. The lowest BCUT2D eigenvalue weighted by atomic mass is 10.2. The molecule has 1 unspecified atom stereocenters. The zero-order valence-electron chi connectivity index (χ0n) is 14.6. The number of carbonyl (C=O) groups is 1. The van der Waals surface area contributed by atoms with Crippen molar-refractivity contribution in [3.05, 3.63) is 42.0 Å². The molecule has 3 heterocycles. The quantitative estimate of drug-likeness (QED) is 0.916. The van der Waals surface area contributed by atoms with E-state index in [1.165, 1.54) is 0 Å². The van der Waals surface area contributed by atoms with Gasteiger partial charge in [0.1, 0.15) is 6.10 Å². The summed E-state index contributed by atoms with van der Waals surface area (Å²) in [6.45, 7) is 3.37. The van der Waals surface area contributed by atoms with Crippen molar-refractivity contribution in [3.63, 3.8) is 0 Å². The summed E-state index contributed by atoms with van der Waals surface area (Å²) in [5.74, 6) is 0.619. The van der Waals surface area contributed by atoms with Gasteiger partial charge in [-0.15, -0.1) is 0 Å². The minimum absolute atomic E-state index is 0.164. The number of carbonyl (C=O) groups excluding carboxylic acids is 1. The molecule has 8 heteroatoms. The Bertz CT molecular complexity index is 751. The molecule has 0 radical (unpaired) electrons. The fraction of sp³-hybridized carbons (Fsp3) is 0.412. The van der Waals surface area contributed by atoms with Gasteiger partial charge in [-0.25, -0.2) is 14.8 Å². The van der Waals surface area contributed by atoms with E-state index in [-0.39, 0.29) is 12.1 Å². The molecule has 1 N–H and O–H groups in total. The molecule has 1 aliphatic heterocycles. The van der Waals surface area contributed by atoms with Crippen LogP contribution in [0.5, 0.6) is 0 Å². The Balaban J connectivity index is 1.68. The number of morpholine rings is 1. The largest absolute Gasteiger partial charge is 0.368 e. The minimum Gasteiger partial charge on any atom is -0.368 e. The number of amides is 2. The molecular formula is C17H22N6O2. The van der Waals surface area contributed by atoms with Gasteiger partial charge in [0.25, 0.3) is 0 Å². The Kier molecular flexibility index (Phi) is 5.08. The molecule has 2 aromatic heterocycles. The molecule has 25 heavy (non-hydrogen) atoms. The molecule has 1 saturated heterocycles. The van der Waals surface area contributed by atoms with Gasteiger partial charge in [-0.2, -0.15) is 0 Å². The smallest absolute Gasteiger partial charge is 0.322 e. The fourth-order valence-corrected chi connectivity index (χ4v) is 2.60. The van der Waals surface area contributed by atoms with Crippen LogP contribution < -0.4 is 10.2 Å². The van der Waals surface area contributed by atoms with E-state index < -0.39 is 0 Å². The summed E-state index contributed by atoms with van der Waals surface area (Å²) in [6, 6.07) is 3.54. The average Bonchev–Trinajstić information content (AvgIpc) is 2.62. The molecule has 1 atom stereocenters. The predicted molar refractivity (Wildman–Crippen MR) is 94.6 cm³/mol. The summed E-state index contributed by atoms with van der Waals surface area (Å²) < 4.78 is 5.81. The van der Waals surface area contributed by atoms with Gasteiger partial charge in [0.05, 0.1) is 30.7 Å². The van der Waals surface area contributed by atoms with E-state index in [1.54, 1.807) is 23.5 Å². The summed E-state index contributed by atoms with van der Waals surface area (Å²) in [4.78, 5) is 28.9. The maximum atomic E-state index is 12.5. The van der Waals surface area contributed by atoms with Crippen molar-refractivity contribution in [1.29, 1.82) is 0 Å². The Morgan fingerprint density at radius 2 is 2.24 bits per heavy atom. The van der Waals surface area contributed by atoms with Crippen LogP contribution >= 0.6 is 0 Å². The molecule has 0 saturated carbocycles. The van der Waals surface area contributed by atoms with Crippen molar-refractivity contribution in [3.8, 4) is 0 Å². The van der Waals surface area contributed by atoms with E-state index in [0.29, 0.717) is 31.3 Å². The molecule has 0 aromatic carbocycles. The fourth-order valence-electron chi connectivity index (χ4n) is 2.60. The normalized spacial score (nSPS) is 17.2. The van der Waals surface area contributed by atoms with Crippen LogP contribution in [0.4, 0.5) is 16.4 Å². The molecule has 2 aromatic rings. The molecule has 132 valence electrons. The standard InChI is InChI=1S/C17H22N6O2/c1-12-8-13(10-18-9-12)20-17(24)23-6-7-25-15(11-23)14-4-5-19-16(21-14)22(2)3/h4-5,8-10,15H,6-7,11H2,1-3H3,(H,20,24).